The molecule has 0 atom stereocenters. The third kappa shape index (κ3) is 4.81. The highest BCUT2D eigenvalue weighted by Crippen LogP contribution is 2.43. The van der Waals surface area contributed by atoms with Crippen molar-refractivity contribution < 1.29 is 0 Å². The van der Waals surface area contributed by atoms with Crippen LogP contribution in [0.5, 0.6) is 0 Å². The van der Waals surface area contributed by atoms with E-state index in [1.165, 1.54) is 23.8 Å². The van der Waals surface area contributed by atoms with Gasteiger partial charge >= 0.3 is 0 Å². The zero-order chi connectivity index (χ0) is 24.3. The van der Waals surface area contributed by atoms with Gasteiger partial charge in [-0.1, -0.05) is 18.2 Å². The first-order chi connectivity index (χ1) is 17.8. The van der Waals surface area contributed by atoms with Crippen molar-refractivity contribution in [2.45, 2.75) is 51.1 Å². The lowest BCUT2D eigenvalue weighted by Crippen LogP contribution is -2.39. The van der Waals surface area contributed by atoms with Gasteiger partial charge in [0.25, 0.3) is 0 Å². The highest BCUT2D eigenvalue weighted by atomic mass is 15.2. The molecule has 2 aliphatic rings. The second kappa shape index (κ2) is 10.3. The summed E-state index contributed by atoms with van der Waals surface area (Å²) in [6.07, 6.45) is 10.5. The van der Waals surface area contributed by atoms with Crippen LogP contribution < -0.4 is 15.5 Å². The first kappa shape index (κ1) is 23.0. The number of aromatic nitrogens is 4. The number of pyridine rings is 2. The van der Waals surface area contributed by atoms with Crippen LogP contribution in [0.3, 0.4) is 0 Å². The van der Waals surface area contributed by atoms with Crippen molar-refractivity contribution in [1.29, 1.82) is 0 Å². The molecule has 1 saturated heterocycles. The van der Waals surface area contributed by atoms with E-state index in [-0.39, 0.29) is 0 Å². The minimum atomic E-state index is 0.516. The van der Waals surface area contributed by atoms with Gasteiger partial charge in [0.2, 0.25) is 0 Å². The molecule has 0 amide bonds. The molecule has 36 heavy (non-hydrogen) atoms. The molecule has 1 saturated carbocycles. The monoisotopic (exact) mass is 479 g/mol. The molecular formula is C29H33N7. The molecule has 1 aliphatic carbocycles. The summed E-state index contributed by atoms with van der Waals surface area (Å²) in [5.41, 5.74) is 5.40. The number of piperidine rings is 1. The van der Waals surface area contributed by atoms with Gasteiger partial charge in [0.15, 0.2) is 5.82 Å². The number of para-hydroxylation sites is 1. The van der Waals surface area contributed by atoms with E-state index in [2.05, 4.69) is 62.8 Å². The molecule has 1 aliphatic heterocycles. The quantitative estimate of drug-likeness (QED) is 0.370. The molecule has 2 N–H and O–H groups in total. The van der Waals surface area contributed by atoms with Gasteiger partial charge in [0.05, 0.1) is 17.4 Å². The topological polar surface area (TPSA) is 78.9 Å². The van der Waals surface area contributed by atoms with Crippen molar-refractivity contribution in [3.8, 4) is 11.4 Å². The van der Waals surface area contributed by atoms with E-state index in [0.29, 0.717) is 12.0 Å². The van der Waals surface area contributed by atoms with Crippen LogP contribution in [-0.4, -0.2) is 45.6 Å². The summed E-state index contributed by atoms with van der Waals surface area (Å²) in [5.74, 6) is 2.21. The van der Waals surface area contributed by atoms with Gasteiger partial charge in [-0.3, -0.25) is 4.98 Å². The number of rotatable bonds is 8. The predicted octanol–water partition coefficient (Wildman–Crippen LogP) is 4.96. The molecule has 6 rings (SSSR count). The van der Waals surface area contributed by atoms with Gasteiger partial charge in [-0.15, -0.1) is 0 Å². The van der Waals surface area contributed by atoms with Gasteiger partial charge in [0.1, 0.15) is 5.82 Å². The summed E-state index contributed by atoms with van der Waals surface area (Å²) in [5, 5.41) is 8.42. The Morgan fingerprint density at radius 2 is 1.83 bits per heavy atom. The molecule has 7 heteroatoms. The molecule has 3 aromatic heterocycles. The van der Waals surface area contributed by atoms with Crippen molar-refractivity contribution >= 4 is 22.4 Å². The number of benzene rings is 1. The number of nitrogens with one attached hydrogen (secondary N) is 2. The van der Waals surface area contributed by atoms with E-state index in [0.717, 1.165) is 73.1 Å². The predicted molar refractivity (Wildman–Crippen MR) is 144 cm³/mol. The van der Waals surface area contributed by atoms with Gasteiger partial charge < -0.3 is 15.5 Å². The summed E-state index contributed by atoms with van der Waals surface area (Å²) in [6.45, 7) is 5.84. The molecule has 184 valence electrons. The smallest absolute Gasteiger partial charge is 0.160 e. The Labute approximate surface area is 212 Å². The summed E-state index contributed by atoms with van der Waals surface area (Å²) >= 11 is 0. The van der Waals surface area contributed by atoms with Gasteiger partial charge in [-0.2, -0.15) is 0 Å². The number of anilines is 2. The second-order valence-electron chi connectivity index (χ2n) is 9.78. The molecule has 0 radical (unpaired) electrons. The molecular weight excluding hydrogens is 446 g/mol. The van der Waals surface area contributed by atoms with Crippen molar-refractivity contribution in [3.63, 3.8) is 0 Å². The van der Waals surface area contributed by atoms with Crippen LogP contribution in [-0.2, 0) is 6.54 Å². The van der Waals surface area contributed by atoms with Crippen molar-refractivity contribution in [2.24, 2.45) is 0 Å². The number of fused-ring (bicyclic) bond motifs is 1. The molecule has 0 spiro atoms. The van der Waals surface area contributed by atoms with E-state index < -0.39 is 0 Å². The minimum absolute atomic E-state index is 0.516. The van der Waals surface area contributed by atoms with Crippen molar-refractivity contribution in [2.75, 3.05) is 24.5 Å². The fourth-order valence-electron chi connectivity index (χ4n) is 5.21. The van der Waals surface area contributed by atoms with Crippen LogP contribution in [0, 0.1) is 0 Å². The highest BCUT2D eigenvalue weighted by molar-refractivity contribution is 5.86. The van der Waals surface area contributed by atoms with E-state index >= 15 is 0 Å². The average molecular weight is 480 g/mol. The maximum atomic E-state index is 5.16. The lowest BCUT2D eigenvalue weighted by atomic mass is 10.0. The van der Waals surface area contributed by atoms with Crippen LogP contribution in [0.2, 0.25) is 0 Å². The zero-order valence-electron chi connectivity index (χ0n) is 20.8. The maximum absolute atomic E-state index is 5.16. The van der Waals surface area contributed by atoms with Crippen molar-refractivity contribution in [3.05, 3.63) is 72.3 Å². The molecule has 4 heterocycles. The first-order valence-electron chi connectivity index (χ1n) is 13.2. The lowest BCUT2D eigenvalue weighted by Gasteiger charge is -2.24. The average Bonchev–Trinajstić information content (AvgIpc) is 3.79. The van der Waals surface area contributed by atoms with Crippen LogP contribution in [0.4, 0.5) is 11.5 Å². The molecule has 2 fully saturated rings. The molecule has 4 aromatic rings. The van der Waals surface area contributed by atoms with Gasteiger partial charge in [-0.05, 0) is 81.4 Å². The van der Waals surface area contributed by atoms with E-state index in [1.807, 2.05) is 30.7 Å². The van der Waals surface area contributed by atoms with Gasteiger partial charge in [0, 0.05) is 48.2 Å². The summed E-state index contributed by atoms with van der Waals surface area (Å²) in [7, 11) is 0. The fourth-order valence-corrected chi connectivity index (χ4v) is 5.21. The fraction of sp³-hybridized carbons (Fsp3) is 0.379. The summed E-state index contributed by atoms with van der Waals surface area (Å²) < 4.78 is 0. The third-order valence-electron chi connectivity index (χ3n) is 7.29. The Bertz CT molecular complexity index is 1330. The zero-order valence-corrected chi connectivity index (χ0v) is 20.8. The highest BCUT2D eigenvalue weighted by Gasteiger charge is 2.28. The Morgan fingerprint density at radius 3 is 2.61 bits per heavy atom. The minimum Gasteiger partial charge on any atom is -0.327 e. The SMILES string of the molecule is CCN(c1ccccc1)c1cc(-c2nc(CNC3CCNCC3)c3c(C4CC4)cncc3n2)ccn1. The Hall–Kier alpha value is -3.42. The van der Waals surface area contributed by atoms with Crippen LogP contribution in [0.25, 0.3) is 22.3 Å². The van der Waals surface area contributed by atoms with Gasteiger partial charge in [-0.25, -0.2) is 15.0 Å². The lowest BCUT2D eigenvalue weighted by molar-refractivity contribution is 0.385. The maximum Gasteiger partial charge on any atom is 0.160 e. The second-order valence-corrected chi connectivity index (χ2v) is 9.78. The van der Waals surface area contributed by atoms with E-state index in [9.17, 15) is 0 Å². The summed E-state index contributed by atoms with van der Waals surface area (Å²) in [6, 6.07) is 15.0. The molecule has 7 nitrogen and oxygen atoms in total. The van der Waals surface area contributed by atoms with Crippen LogP contribution in [0.15, 0.2) is 61.1 Å². The summed E-state index contributed by atoms with van der Waals surface area (Å²) in [4.78, 5) is 21.6. The van der Waals surface area contributed by atoms with Crippen molar-refractivity contribution in [1.82, 2.24) is 30.6 Å². The Balaban J connectivity index is 1.39. The number of nitrogens with zero attached hydrogens (tertiary/aromatic N) is 5. The van der Waals surface area contributed by atoms with E-state index in [4.69, 9.17) is 9.97 Å². The Kier molecular flexibility index (Phi) is 6.57. The van der Waals surface area contributed by atoms with E-state index in [1.54, 1.807) is 0 Å². The van der Waals surface area contributed by atoms with Crippen LogP contribution in [0.1, 0.15) is 49.8 Å². The van der Waals surface area contributed by atoms with Crippen LogP contribution >= 0.6 is 0 Å². The number of hydrogen-bond acceptors (Lipinski definition) is 7. The molecule has 0 unspecified atom stereocenters. The molecule has 1 aromatic carbocycles. The largest absolute Gasteiger partial charge is 0.327 e. The normalized spacial score (nSPS) is 16.4. The number of hydrogen-bond donors (Lipinski definition) is 2. The first-order valence-corrected chi connectivity index (χ1v) is 13.2. The standard InChI is InChI=1S/C29H33N7/c1-2-36(23-6-4-3-5-7-23)27-16-21(10-15-32-27)29-34-25-18-31-17-24(20-8-9-20)28(25)26(35-29)19-33-22-11-13-30-14-12-22/h3-7,10,15-18,20,22,30,33H,2,8-9,11-14,19H2,1H3. The molecule has 0 bridgehead atoms. The third-order valence-corrected chi connectivity index (χ3v) is 7.29. The Morgan fingerprint density at radius 1 is 1.00 bits per heavy atom.